The summed E-state index contributed by atoms with van der Waals surface area (Å²) in [5, 5.41) is 0. The monoisotopic (exact) mass is 115 g/mol. The first-order chi connectivity index (χ1) is 3.63. The topological polar surface area (TPSA) is 18.5 Å². The molecule has 0 bridgehead atoms. The van der Waals surface area contributed by atoms with Crippen LogP contribution < -0.4 is 0 Å². The van der Waals surface area contributed by atoms with Crippen LogP contribution in [0.25, 0.3) is 0 Å². The molecule has 0 spiro atoms. The molecule has 0 amide bonds. The Labute approximate surface area is 49.8 Å². The van der Waals surface area contributed by atoms with Gasteiger partial charge in [0.1, 0.15) is 0 Å². The van der Waals surface area contributed by atoms with Gasteiger partial charge in [0, 0.05) is 0 Å². The van der Waals surface area contributed by atoms with Gasteiger partial charge in [0.2, 0.25) is 6.79 Å². The summed E-state index contributed by atoms with van der Waals surface area (Å²) in [5.41, 5.74) is -0.125. The Morgan fingerprint density at radius 2 is 2.12 bits per heavy atom. The zero-order valence-corrected chi connectivity index (χ0v) is 5.47. The van der Waals surface area contributed by atoms with Gasteiger partial charge in [-0.2, -0.15) is 0 Å². The summed E-state index contributed by atoms with van der Waals surface area (Å²) in [4.78, 5) is 0. The van der Waals surface area contributed by atoms with Crippen molar-refractivity contribution in [1.82, 2.24) is 0 Å². The van der Waals surface area contributed by atoms with Crippen molar-refractivity contribution in [3.63, 3.8) is 0 Å². The van der Waals surface area contributed by atoms with E-state index in [0.29, 0.717) is 0 Å². The molecule has 1 unspecified atom stereocenters. The summed E-state index contributed by atoms with van der Waals surface area (Å²) >= 11 is 0. The Hall–Kier alpha value is -0.0800. The van der Waals surface area contributed by atoms with E-state index in [0.717, 1.165) is 0 Å². The van der Waals surface area contributed by atoms with Crippen molar-refractivity contribution < 1.29 is 9.47 Å². The summed E-state index contributed by atoms with van der Waals surface area (Å²) in [6, 6.07) is 0. The van der Waals surface area contributed by atoms with E-state index in [2.05, 4.69) is 0 Å². The van der Waals surface area contributed by atoms with Gasteiger partial charge in [-0.1, -0.05) is 0 Å². The molecule has 1 heterocycles. The second kappa shape index (κ2) is 1.71. The van der Waals surface area contributed by atoms with E-state index in [-0.39, 0.29) is 11.7 Å². The molecule has 2 heteroatoms. The number of hydrogen-bond donors (Lipinski definition) is 0. The minimum atomic E-state index is -0.125. The minimum absolute atomic E-state index is 0.125. The number of hydrogen-bond acceptors (Lipinski definition) is 2. The lowest BCUT2D eigenvalue weighted by Gasteiger charge is -2.18. The minimum Gasteiger partial charge on any atom is -0.342 e. The van der Waals surface area contributed by atoms with E-state index >= 15 is 0 Å². The summed E-state index contributed by atoms with van der Waals surface area (Å²) in [5.74, 6) is 0. The van der Waals surface area contributed by atoms with Crippen LogP contribution in [-0.2, 0) is 9.47 Å². The van der Waals surface area contributed by atoms with Crippen molar-refractivity contribution in [1.29, 1.82) is 0 Å². The van der Waals surface area contributed by atoms with Crippen molar-refractivity contribution >= 4 is 0 Å². The lowest BCUT2D eigenvalue weighted by Crippen LogP contribution is -2.29. The second-order valence-corrected chi connectivity index (χ2v) is 2.60. The molecular weight excluding hydrogens is 104 g/mol. The van der Waals surface area contributed by atoms with Crippen LogP contribution in [0.15, 0.2) is 0 Å². The highest BCUT2D eigenvalue weighted by atomic mass is 16.7. The second-order valence-electron chi connectivity index (χ2n) is 2.60. The van der Waals surface area contributed by atoms with Gasteiger partial charge in [0.15, 0.2) is 0 Å². The fourth-order valence-electron chi connectivity index (χ4n) is 0.495. The molecule has 47 valence electrons. The van der Waals surface area contributed by atoms with Crippen molar-refractivity contribution in [3.8, 4) is 0 Å². The number of rotatable bonds is 0. The van der Waals surface area contributed by atoms with Gasteiger partial charge in [0.05, 0.1) is 11.7 Å². The van der Waals surface area contributed by atoms with Gasteiger partial charge < -0.3 is 9.47 Å². The first-order valence-electron chi connectivity index (χ1n) is 2.78. The average molecular weight is 115 g/mol. The first-order valence-corrected chi connectivity index (χ1v) is 2.78. The van der Waals surface area contributed by atoms with E-state index in [9.17, 15) is 0 Å². The van der Waals surface area contributed by atoms with E-state index in [1.165, 1.54) is 6.79 Å². The first kappa shape index (κ1) is 6.05. The van der Waals surface area contributed by atoms with Crippen molar-refractivity contribution in [2.45, 2.75) is 32.5 Å². The van der Waals surface area contributed by atoms with E-state index in [1.54, 1.807) is 0 Å². The Bertz CT molecular complexity index is 88.5. The molecule has 1 radical (unpaired) electrons. The van der Waals surface area contributed by atoms with Crippen LogP contribution in [0.3, 0.4) is 0 Å². The summed E-state index contributed by atoms with van der Waals surface area (Å²) in [7, 11) is 0. The van der Waals surface area contributed by atoms with Crippen LogP contribution in [0.2, 0.25) is 0 Å². The predicted molar refractivity (Wildman–Crippen MR) is 30.0 cm³/mol. The quantitative estimate of drug-likeness (QED) is 0.474. The van der Waals surface area contributed by atoms with E-state index < -0.39 is 0 Å². The van der Waals surface area contributed by atoms with Gasteiger partial charge in [-0.15, -0.1) is 0 Å². The van der Waals surface area contributed by atoms with Crippen LogP contribution in [0, 0.1) is 6.79 Å². The summed E-state index contributed by atoms with van der Waals surface area (Å²) in [6.07, 6.45) is 0.183. The molecule has 0 N–H and O–H groups in total. The molecule has 1 aliphatic rings. The molecule has 1 saturated heterocycles. The van der Waals surface area contributed by atoms with Gasteiger partial charge in [-0.3, -0.25) is 0 Å². The smallest absolute Gasteiger partial charge is 0.210 e. The predicted octanol–water partition coefficient (Wildman–Crippen LogP) is 1.32. The molecule has 8 heavy (non-hydrogen) atoms. The maximum Gasteiger partial charge on any atom is 0.210 e. The zero-order valence-electron chi connectivity index (χ0n) is 5.47. The highest BCUT2D eigenvalue weighted by Gasteiger charge is 2.33. The fraction of sp³-hybridized carbons (Fsp3) is 0.833. The van der Waals surface area contributed by atoms with E-state index in [1.807, 2.05) is 20.8 Å². The zero-order chi connectivity index (χ0) is 6.20. The maximum absolute atomic E-state index is 5.11. The van der Waals surface area contributed by atoms with Crippen LogP contribution in [0.5, 0.6) is 0 Å². The van der Waals surface area contributed by atoms with Crippen LogP contribution in [0.4, 0.5) is 0 Å². The molecule has 2 nitrogen and oxygen atoms in total. The molecule has 0 saturated carbocycles. The van der Waals surface area contributed by atoms with Crippen molar-refractivity contribution in [3.05, 3.63) is 6.79 Å². The third-order valence-corrected chi connectivity index (χ3v) is 1.59. The molecule has 1 atom stereocenters. The third kappa shape index (κ3) is 0.858. The van der Waals surface area contributed by atoms with Crippen molar-refractivity contribution in [2.75, 3.05) is 0 Å². The van der Waals surface area contributed by atoms with Gasteiger partial charge in [-0.25, -0.2) is 0 Å². The largest absolute Gasteiger partial charge is 0.342 e. The Balaban J connectivity index is 2.54. The highest BCUT2D eigenvalue weighted by molar-refractivity contribution is 4.81. The summed E-state index contributed by atoms with van der Waals surface area (Å²) < 4.78 is 10.1. The third-order valence-electron chi connectivity index (χ3n) is 1.59. The molecule has 0 aliphatic carbocycles. The van der Waals surface area contributed by atoms with Crippen LogP contribution in [-0.4, -0.2) is 11.7 Å². The molecule has 0 aromatic carbocycles. The summed E-state index contributed by atoms with van der Waals surface area (Å²) in [6.45, 7) is 7.40. The Morgan fingerprint density at radius 3 is 2.25 bits per heavy atom. The molecule has 1 rings (SSSR count). The molecule has 0 aromatic heterocycles. The Morgan fingerprint density at radius 1 is 1.50 bits per heavy atom. The van der Waals surface area contributed by atoms with Gasteiger partial charge in [0.25, 0.3) is 0 Å². The Kier molecular flexibility index (Phi) is 1.29. The SMILES string of the molecule is CC1O[CH]OC1(C)C. The van der Waals surface area contributed by atoms with Gasteiger partial charge >= 0.3 is 0 Å². The van der Waals surface area contributed by atoms with Crippen molar-refractivity contribution in [2.24, 2.45) is 0 Å². The van der Waals surface area contributed by atoms with E-state index in [4.69, 9.17) is 9.47 Å². The normalized spacial score (nSPS) is 35.6. The maximum atomic E-state index is 5.11. The molecule has 1 fully saturated rings. The fourth-order valence-corrected chi connectivity index (χ4v) is 0.495. The lowest BCUT2D eigenvalue weighted by atomic mass is 10.0. The number of ether oxygens (including phenoxy) is 2. The molecular formula is C6H11O2. The standard InChI is InChI=1S/C6H11O2/c1-5-6(2,3)8-4-7-5/h4-5H,1-3H3. The highest BCUT2D eigenvalue weighted by Crippen LogP contribution is 2.25. The van der Waals surface area contributed by atoms with Crippen LogP contribution >= 0.6 is 0 Å². The van der Waals surface area contributed by atoms with Gasteiger partial charge in [-0.05, 0) is 20.8 Å². The molecule has 1 aliphatic heterocycles. The lowest BCUT2D eigenvalue weighted by molar-refractivity contribution is 0.0620. The average Bonchev–Trinajstić information content (AvgIpc) is 1.86. The molecule has 0 aromatic rings. The van der Waals surface area contributed by atoms with Crippen LogP contribution in [0.1, 0.15) is 20.8 Å².